The molecule has 0 spiro atoms. The highest BCUT2D eigenvalue weighted by atomic mass is 32.2. The lowest BCUT2D eigenvalue weighted by Crippen LogP contribution is -2.28. The minimum atomic E-state index is -3.89. The summed E-state index contributed by atoms with van der Waals surface area (Å²) in [4.78, 5) is 23.3. The molecule has 150 valence electrons. The number of hydrogen-bond donors (Lipinski definition) is 3. The van der Waals surface area contributed by atoms with E-state index in [1.807, 2.05) is 0 Å². The molecule has 3 N–H and O–H groups in total. The molecule has 0 radical (unpaired) electrons. The maximum atomic E-state index is 12.7. The first-order chi connectivity index (χ1) is 13.2. The molecule has 8 nitrogen and oxygen atoms in total. The average molecular weight is 405 g/mol. The lowest BCUT2D eigenvalue weighted by molar-refractivity contribution is -0.114. The van der Waals surface area contributed by atoms with E-state index in [0.717, 1.165) is 0 Å². The minimum Gasteiger partial charge on any atom is -0.383 e. The van der Waals surface area contributed by atoms with Gasteiger partial charge in [-0.25, -0.2) is 8.42 Å². The highest BCUT2D eigenvalue weighted by molar-refractivity contribution is 7.92. The number of amides is 2. The molecule has 2 amide bonds. The van der Waals surface area contributed by atoms with Crippen molar-refractivity contribution >= 4 is 33.2 Å². The third kappa shape index (κ3) is 5.80. The zero-order valence-corrected chi connectivity index (χ0v) is 16.7. The Morgan fingerprint density at radius 2 is 1.68 bits per heavy atom. The molecule has 0 fully saturated rings. The van der Waals surface area contributed by atoms with E-state index in [0.29, 0.717) is 30.1 Å². The van der Waals surface area contributed by atoms with E-state index in [1.165, 1.54) is 38.3 Å². The van der Waals surface area contributed by atoms with Gasteiger partial charge < -0.3 is 15.4 Å². The number of methoxy groups -OCH3 is 1. The van der Waals surface area contributed by atoms with Gasteiger partial charge in [0.15, 0.2) is 0 Å². The summed E-state index contributed by atoms with van der Waals surface area (Å²) in [6, 6.07) is 10.6. The standard InChI is InChI=1S/C19H23N3O5S/c1-13-4-9-17(12-18(13)19(24)20-10-11-27-3)28(25,26)22-16-7-5-15(6-8-16)21-14(2)23/h4-9,12,22H,10-11H2,1-3H3,(H,20,24)(H,21,23). The first-order valence-electron chi connectivity index (χ1n) is 8.51. The predicted molar refractivity (Wildman–Crippen MR) is 107 cm³/mol. The minimum absolute atomic E-state index is 0.0269. The number of ether oxygens (including phenoxy) is 1. The van der Waals surface area contributed by atoms with Crippen molar-refractivity contribution in [3.8, 4) is 0 Å². The Bertz CT molecular complexity index is 956. The van der Waals surface area contributed by atoms with Crippen molar-refractivity contribution in [3.63, 3.8) is 0 Å². The highest BCUT2D eigenvalue weighted by Crippen LogP contribution is 2.21. The van der Waals surface area contributed by atoms with Crippen molar-refractivity contribution in [2.75, 3.05) is 30.3 Å². The topological polar surface area (TPSA) is 114 Å². The molecule has 0 unspecified atom stereocenters. The van der Waals surface area contributed by atoms with Crippen molar-refractivity contribution < 1.29 is 22.7 Å². The van der Waals surface area contributed by atoms with Crippen LogP contribution in [0.2, 0.25) is 0 Å². The normalized spacial score (nSPS) is 11.0. The first-order valence-corrected chi connectivity index (χ1v) is 9.99. The first kappa shape index (κ1) is 21.4. The fourth-order valence-electron chi connectivity index (χ4n) is 2.41. The average Bonchev–Trinajstić information content (AvgIpc) is 2.63. The maximum Gasteiger partial charge on any atom is 0.261 e. The Morgan fingerprint density at radius 3 is 2.29 bits per heavy atom. The van der Waals surface area contributed by atoms with E-state index in [9.17, 15) is 18.0 Å². The van der Waals surface area contributed by atoms with Crippen LogP contribution in [-0.4, -0.2) is 40.5 Å². The molecule has 0 aliphatic carbocycles. The summed E-state index contributed by atoms with van der Waals surface area (Å²) >= 11 is 0. The molecule has 0 atom stereocenters. The maximum absolute atomic E-state index is 12.7. The molecule has 0 aromatic heterocycles. The lowest BCUT2D eigenvalue weighted by atomic mass is 10.1. The summed E-state index contributed by atoms with van der Waals surface area (Å²) in [7, 11) is -2.36. The molecule has 2 rings (SSSR count). The summed E-state index contributed by atoms with van der Waals surface area (Å²) in [6.07, 6.45) is 0. The van der Waals surface area contributed by atoms with Crippen molar-refractivity contribution in [1.82, 2.24) is 5.32 Å². The van der Waals surface area contributed by atoms with Gasteiger partial charge in [-0.05, 0) is 48.9 Å². The number of aryl methyl sites for hydroxylation is 1. The van der Waals surface area contributed by atoms with Gasteiger partial charge in [-0.15, -0.1) is 0 Å². The third-order valence-corrected chi connectivity index (χ3v) is 5.19. The smallest absolute Gasteiger partial charge is 0.261 e. The van der Waals surface area contributed by atoms with E-state index < -0.39 is 10.0 Å². The van der Waals surface area contributed by atoms with E-state index in [4.69, 9.17) is 4.74 Å². The SMILES string of the molecule is COCCNC(=O)c1cc(S(=O)(=O)Nc2ccc(NC(C)=O)cc2)ccc1C. The van der Waals surface area contributed by atoms with Crippen LogP contribution in [-0.2, 0) is 19.6 Å². The highest BCUT2D eigenvalue weighted by Gasteiger charge is 2.18. The molecule has 0 saturated heterocycles. The van der Waals surface area contributed by atoms with Gasteiger partial charge in [-0.1, -0.05) is 6.07 Å². The Morgan fingerprint density at radius 1 is 1.04 bits per heavy atom. The summed E-state index contributed by atoms with van der Waals surface area (Å²) in [5.74, 6) is -0.587. The molecule has 0 heterocycles. The third-order valence-electron chi connectivity index (χ3n) is 3.81. The number of rotatable bonds is 8. The van der Waals surface area contributed by atoms with Crippen LogP contribution in [0, 0.1) is 6.92 Å². The van der Waals surface area contributed by atoms with Crippen LogP contribution in [0.5, 0.6) is 0 Å². The van der Waals surface area contributed by atoms with Crippen molar-refractivity contribution in [3.05, 3.63) is 53.6 Å². The van der Waals surface area contributed by atoms with Crippen molar-refractivity contribution in [2.24, 2.45) is 0 Å². The van der Waals surface area contributed by atoms with Crippen LogP contribution in [0.15, 0.2) is 47.4 Å². The molecule has 9 heteroatoms. The lowest BCUT2D eigenvalue weighted by Gasteiger charge is -2.12. The van der Waals surface area contributed by atoms with E-state index in [2.05, 4.69) is 15.4 Å². The zero-order chi connectivity index (χ0) is 20.7. The number of carbonyl (C=O) groups excluding carboxylic acids is 2. The number of nitrogens with one attached hydrogen (secondary N) is 3. The number of hydrogen-bond acceptors (Lipinski definition) is 5. The Hall–Kier alpha value is -2.91. The van der Waals surface area contributed by atoms with E-state index in [1.54, 1.807) is 25.1 Å². The molecular weight excluding hydrogens is 382 g/mol. The van der Waals surface area contributed by atoms with Crippen LogP contribution in [0.4, 0.5) is 11.4 Å². The molecule has 2 aromatic rings. The predicted octanol–water partition coefficient (Wildman–Crippen LogP) is 2.13. The Kier molecular flexibility index (Phi) is 7.13. The summed E-state index contributed by atoms with van der Waals surface area (Å²) in [5, 5.41) is 5.28. The van der Waals surface area contributed by atoms with Gasteiger partial charge in [0.25, 0.3) is 15.9 Å². The molecule has 0 saturated carbocycles. The number of carbonyl (C=O) groups is 2. The zero-order valence-electron chi connectivity index (χ0n) is 15.9. The van der Waals surface area contributed by atoms with Crippen LogP contribution < -0.4 is 15.4 Å². The Balaban J connectivity index is 2.19. The summed E-state index contributed by atoms with van der Waals surface area (Å²) in [6.45, 7) is 3.80. The number of benzene rings is 2. The van der Waals surface area contributed by atoms with E-state index in [-0.39, 0.29) is 22.3 Å². The van der Waals surface area contributed by atoms with Crippen LogP contribution >= 0.6 is 0 Å². The van der Waals surface area contributed by atoms with Gasteiger partial charge in [0.05, 0.1) is 11.5 Å². The molecule has 28 heavy (non-hydrogen) atoms. The molecule has 0 aliphatic rings. The second-order valence-electron chi connectivity index (χ2n) is 6.09. The second kappa shape index (κ2) is 9.34. The molecule has 2 aromatic carbocycles. The molecule has 0 bridgehead atoms. The quantitative estimate of drug-likeness (QED) is 0.582. The van der Waals surface area contributed by atoms with Crippen LogP contribution in [0.3, 0.4) is 0 Å². The number of sulfonamides is 1. The largest absolute Gasteiger partial charge is 0.383 e. The number of anilines is 2. The van der Waals surface area contributed by atoms with Crippen LogP contribution in [0.1, 0.15) is 22.8 Å². The molecule has 0 aliphatic heterocycles. The Labute approximate surface area is 164 Å². The van der Waals surface area contributed by atoms with E-state index >= 15 is 0 Å². The monoisotopic (exact) mass is 405 g/mol. The van der Waals surface area contributed by atoms with Gasteiger partial charge in [0, 0.05) is 37.5 Å². The van der Waals surface area contributed by atoms with Crippen molar-refractivity contribution in [1.29, 1.82) is 0 Å². The summed E-state index contributed by atoms with van der Waals surface area (Å²) < 4.78 is 32.7. The fourth-order valence-corrected chi connectivity index (χ4v) is 3.50. The van der Waals surface area contributed by atoms with Crippen LogP contribution in [0.25, 0.3) is 0 Å². The van der Waals surface area contributed by atoms with Gasteiger partial charge in [-0.2, -0.15) is 0 Å². The fraction of sp³-hybridized carbons (Fsp3) is 0.263. The van der Waals surface area contributed by atoms with Gasteiger partial charge in [-0.3, -0.25) is 14.3 Å². The van der Waals surface area contributed by atoms with Gasteiger partial charge in [0.1, 0.15) is 0 Å². The summed E-state index contributed by atoms with van der Waals surface area (Å²) in [5.41, 5.74) is 1.83. The van der Waals surface area contributed by atoms with Gasteiger partial charge in [0.2, 0.25) is 5.91 Å². The van der Waals surface area contributed by atoms with Gasteiger partial charge >= 0.3 is 0 Å². The molecular formula is C19H23N3O5S. The van der Waals surface area contributed by atoms with Crippen molar-refractivity contribution in [2.45, 2.75) is 18.7 Å². The second-order valence-corrected chi connectivity index (χ2v) is 7.77.